The topological polar surface area (TPSA) is 70.1 Å². The van der Waals surface area contributed by atoms with E-state index in [0.717, 1.165) is 12.8 Å². The highest BCUT2D eigenvalue weighted by atomic mass is 35.5. The van der Waals surface area contributed by atoms with Crippen LogP contribution in [-0.4, -0.2) is 23.9 Å². The number of halogens is 1. The first-order valence-corrected chi connectivity index (χ1v) is 6.21. The molecule has 0 unspecified atom stereocenters. The van der Waals surface area contributed by atoms with Crippen molar-refractivity contribution in [2.75, 3.05) is 18.8 Å². The third-order valence-electron chi connectivity index (χ3n) is 2.95. The molecule has 1 aromatic carbocycles. The molecule has 94 valence electrons. The summed E-state index contributed by atoms with van der Waals surface area (Å²) in [6.45, 7) is 0.706. The lowest BCUT2D eigenvalue weighted by molar-refractivity contribution is 0.0769. The molecule has 5 heteroatoms. The molecule has 1 fully saturated rings. The van der Waals surface area contributed by atoms with Crippen LogP contribution in [0.1, 0.15) is 23.2 Å². The van der Waals surface area contributed by atoms with Gasteiger partial charge < -0.3 is 10.6 Å². The third kappa shape index (κ3) is 2.93. The number of carbonyl (C=O) groups is 1. The first kappa shape index (κ1) is 12.7. The fourth-order valence-corrected chi connectivity index (χ4v) is 1.99. The number of nitriles is 1. The van der Waals surface area contributed by atoms with Crippen molar-refractivity contribution in [3.05, 3.63) is 28.8 Å². The average molecular weight is 264 g/mol. The summed E-state index contributed by atoms with van der Waals surface area (Å²) in [7, 11) is 0. The Kier molecular flexibility index (Phi) is 3.73. The van der Waals surface area contributed by atoms with Crippen molar-refractivity contribution in [1.82, 2.24) is 4.90 Å². The van der Waals surface area contributed by atoms with E-state index in [9.17, 15) is 4.79 Å². The molecule has 4 nitrogen and oxygen atoms in total. The Bertz CT molecular complexity index is 505. The van der Waals surface area contributed by atoms with Gasteiger partial charge in [-0.3, -0.25) is 4.79 Å². The zero-order chi connectivity index (χ0) is 13.1. The zero-order valence-electron chi connectivity index (χ0n) is 9.90. The van der Waals surface area contributed by atoms with E-state index in [4.69, 9.17) is 22.6 Å². The van der Waals surface area contributed by atoms with E-state index in [2.05, 4.69) is 0 Å². The number of nitrogen functional groups attached to an aromatic ring is 1. The fraction of sp³-hybridized carbons (Fsp3) is 0.385. The summed E-state index contributed by atoms with van der Waals surface area (Å²) in [5, 5.41) is 9.16. The standard InChI is InChI=1S/C13H14ClN3O/c14-12-4-3-10(16)7-11(12)13(18)17(6-5-15)8-9-1-2-9/h3-4,7,9H,1-2,6,8,16H2. The van der Waals surface area contributed by atoms with E-state index < -0.39 is 0 Å². The Morgan fingerprint density at radius 1 is 1.56 bits per heavy atom. The van der Waals surface area contributed by atoms with Crippen LogP contribution < -0.4 is 5.73 Å². The van der Waals surface area contributed by atoms with Crippen molar-refractivity contribution < 1.29 is 4.79 Å². The van der Waals surface area contributed by atoms with E-state index in [-0.39, 0.29) is 12.5 Å². The largest absolute Gasteiger partial charge is 0.399 e. The Labute approximate surface area is 111 Å². The maximum Gasteiger partial charge on any atom is 0.256 e. The highest BCUT2D eigenvalue weighted by Crippen LogP contribution is 2.30. The highest BCUT2D eigenvalue weighted by Gasteiger charge is 2.27. The summed E-state index contributed by atoms with van der Waals surface area (Å²) in [5.41, 5.74) is 6.52. The van der Waals surface area contributed by atoms with Gasteiger partial charge in [0.15, 0.2) is 0 Å². The van der Waals surface area contributed by atoms with Crippen molar-refractivity contribution in [3.8, 4) is 6.07 Å². The van der Waals surface area contributed by atoms with Gasteiger partial charge in [-0.25, -0.2) is 0 Å². The number of carbonyl (C=O) groups excluding carboxylic acids is 1. The van der Waals surface area contributed by atoms with Crippen LogP contribution in [0.5, 0.6) is 0 Å². The maximum absolute atomic E-state index is 12.3. The van der Waals surface area contributed by atoms with Crippen LogP contribution in [0.15, 0.2) is 18.2 Å². The molecule has 2 rings (SSSR count). The van der Waals surface area contributed by atoms with Gasteiger partial charge in [-0.05, 0) is 37.0 Å². The molecule has 18 heavy (non-hydrogen) atoms. The molecule has 0 saturated heterocycles. The normalized spacial score (nSPS) is 14.0. The number of nitrogens with two attached hydrogens (primary N) is 1. The van der Waals surface area contributed by atoms with E-state index in [1.165, 1.54) is 4.90 Å². The van der Waals surface area contributed by atoms with Crippen LogP contribution in [-0.2, 0) is 0 Å². The van der Waals surface area contributed by atoms with Crippen molar-refractivity contribution in [3.63, 3.8) is 0 Å². The van der Waals surface area contributed by atoms with Gasteiger partial charge in [-0.1, -0.05) is 11.6 Å². The Balaban J connectivity index is 2.20. The molecule has 0 radical (unpaired) electrons. The molecule has 0 atom stereocenters. The van der Waals surface area contributed by atoms with Crippen molar-refractivity contribution >= 4 is 23.2 Å². The average Bonchev–Trinajstić information content (AvgIpc) is 3.15. The molecule has 0 heterocycles. The molecular formula is C13H14ClN3O. The smallest absolute Gasteiger partial charge is 0.256 e. The SMILES string of the molecule is N#CCN(CC1CC1)C(=O)c1cc(N)ccc1Cl. The molecule has 0 aromatic heterocycles. The highest BCUT2D eigenvalue weighted by molar-refractivity contribution is 6.34. The zero-order valence-corrected chi connectivity index (χ0v) is 10.7. The lowest BCUT2D eigenvalue weighted by Crippen LogP contribution is -2.33. The Morgan fingerprint density at radius 3 is 2.89 bits per heavy atom. The molecule has 1 aromatic rings. The predicted octanol–water partition coefficient (Wildman–Crippen LogP) is 2.30. The Morgan fingerprint density at radius 2 is 2.28 bits per heavy atom. The second kappa shape index (κ2) is 5.28. The van der Waals surface area contributed by atoms with Gasteiger partial charge >= 0.3 is 0 Å². The summed E-state index contributed by atoms with van der Waals surface area (Å²) >= 11 is 6.00. The lowest BCUT2D eigenvalue weighted by Gasteiger charge is -2.20. The Hall–Kier alpha value is -1.73. The summed E-state index contributed by atoms with van der Waals surface area (Å²) in [6.07, 6.45) is 2.25. The number of hydrogen-bond acceptors (Lipinski definition) is 3. The van der Waals surface area contributed by atoms with E-state index in [0.29, 0.717) is 28.7 Å². The van der Waals surface area contributed by atoms with Gasteiger partial charge in [0, 0.05) is 12.2 Å². The number of hydrogen-bond donors (Lipinski definition) is 1. The molecule has 1 amide bonds. The summed E-state index contributed by atoms with van der Waals surface area (Å²) in [4.78, 5) is 13.8. The molecule has 0 bridgehead atoms. The number of nitrogens with zero attached hydrogens (tertiary/aromatic N) is 2. The van der Waals surface area contributed by atoms with Crippen molar-refractivity contribution in [2.45, 2.75) is 12.8 Å². The summed E-state index contributed by atoms with van der Waals surface area (Å²) in [6, 6.07) is 6.82. The van der Waals surface area contributed by atoms with E-state index >= 15 is 0 Å². The van der Waals surface area contributed by atoms with Gasteiger partial charge in [0.1, 0.15) is 6.54 Å². The van der Waals surface area contributed by atoms with Crippen LogP contribution >= 0.6 is 11.6 Å². The van der Waals surface area contributed by atoms with Crippen LogP contribution in [0.3, 0.4) is 0 Å². The molecular weight excluding hydrogens is 250 g/mol. The molecule has 0 spiro atoms. The molecule has 1 aliphatic carbocycles. The summed E-state index contributed by atoms with van der Waals surface area (Å²) < 4.78 is 0. The number of anilines is 1. The first-order chi connectivity index (χ1) is 8.61. The van der Waals surface area contributed by atoms with Crippen LogP contribution in [0.2, 0.25) is 5.02 Å². The maximum atomic E-state index is 12.3. The number of amides is 1. The lowest BCUT2D eigenvalue weighted by atomic mass is 10.1. The second-order valence-electron chi connectivity index (χ2n) is 4.53. The van der Waals surface area contributed by atoms with Gasteiger partial charge in [-0.2, -0.15) is 5.26 Å². The number of rotatable bonds is 4. The molecule has 2 N–H and O–H groups in total. The van der Waals surface area contributed by atoms with Gasteiger partial charge in [0.05, 0.1) is 16.7 Å². The van der Waals surface area contributed by atoms with Gasteiger partial charge in [0.25, 0.3) is 5.91 Å². The third-order valence-corrected chi connectivity index (χ3v) is 3.27. The molecule has 1 aliphatic rings. The minimum Gasteiger partial charge on any atom is -0.399 e. The van der Waals surface area contributed by atoms with Gasteiger partial charge in [0.2, 0.25) is 0 Å². The molecule has 0 aliphatic heterocycles. The fourth-order valence-electron chi connectivity index (χ4n) is 1.79. The van der Waals surface area contributed by atoms with Crippen LogP contribution in [0, 0.1) is 17.2 Å². The predicted molar refractivity (Wildman–Crippen MR) is 70.1 cm³/mol. The van der Waals surface area contributed by atoms with E-state index in [1.807, 2.05) is 6.07 Å². The van der Waals surface area contributed by atoms with Crippen molar-refractivity contribution in [1.29, 1.82) is 5.26 Å². The van der Waals surface area contributed by atoms with Gasteiger partial charge in [-0.15, -0.1) is 0 Å². The summed E-state index contributed by atoms with van der Waals surface area (Å²) in [5.74, 6) is 0.308. The second-order valence-corrected chi connectivity index (χ2v) is 4.93. The van der Waals surface area contributed by atoms with E-state index in [1.54, 1.807) is 18.2 Å². The van der Waals surface area contributed by atoms with Crippen LogP contribution in [0.25, 0.3) is 0 Å². The minimum atomic E-state index is -0.222. The van der Waals surface area contributed by atoms with Crippen LogP contribution in [0.4, 0.5) is 5.69 Å². The minimum absolute atomic E-state index is 0.0838. The van der Waals surface area contributed by atoms with Crippen molar-refractivity contribution in [2.24, 2.45) is 5.92 Å². The monoisotopic (exact) mass is 263 g/mol. The quantitative estimate of drug-likeness (QED) is 0.669. The first-order valence-electron chi connectivity index (χ1n) is 5.83. The number of benzene rings is 1. The molecule has 1 saturated carbocycles.